The van der Waals surface area contributed by atoms with Crippen molar-refractivity contribution >= 4 is 44.8 Å². The number of nitrogens with one attached hydrogen (secondary N) is 1. The number of rotatable bonds is 4. The Balaban J connectivity index is 1.55. The molecule has 1 saturated carbocycles. The maximum Gasteiger partial charge on any atom is 0.264 e. The highest BCUT2D eigenvalue weighted by Gasteiger charge is 2.67. The number of nitrogens with zero attached hydrogens (tertiary/aromatic N) is 1. The second kappa shape index (κ2) is 7.18. The predicted molar refractivity (Wildman–Crippen MR) is 123 cm³/mol. The number of carbonyl (C=O) groups excluding carboxylic acids is 2. The van der Waals surface area contributed by atoms with E-state index in [1.54, 1.807) is 17.0 Å². The maximum absolute atomic E-state index is 13.8. The molecule has 0 saturated heterocycles. The monoisotopic (exact) mass is 466 g/mol. The van der Waals surface area contributed by atoms with Gasteiger partial charge < -0.3 is 0 Å². The summed E-state index contributed by atoms with van der Waals surface area (Å²) in [6, 6.07) is 21.7. The fraction of sp³-hybridized carbons (Fsp3) is 0.167. The molecule has 0 bridgehead atoms. The van der Waals surface area contributed by atoms with Gasteiger partial charge in [0, 0.05) is 22.2 Å². The van der Waals surface area contributed by atoms with Gasteiger partial charge >= 0.3 is 0 Å². The van der Waals surface area contributed by atoms with Crippen LogP contribution < -0.4 is 9.62 Å². The van der Waals surface area contributed by atoms with E-state index < -0.39 is 21.3 Å². The molecule has 3 aromatic carbocycles. The third kappa shape index (κ3) is 3.29. The lowest BCUT2D eigenvalue weighted by Crippen LogP contribution is -2.31. The molecule has 1 N–H and O–H groups in total. The van der Waals surface area contributed by atoms with E-state index in [4.69, 9.17) is 11.6 Å². The molecule has 1 fully saturated rings. The van der Waals surface area contributed by atoms with Crippen LogP contribution in [0.1, 0.15) is 33.8 Å². The molecule has 6 nitrogen and oxygen atoms in total. The lowest BCUT2D eigenvalue weighted by molar-refractivity contribution is -0.119. The Morgan fingerprint density at radius 2 is 1.78 bits per heavy atom. The summed E-state index contributed by atoms with van der Waals surface area (Å²) in [5.41, 5.74) is 2.80. The van der Waals surface area contributed by atoms with Gasteiger partial charge in [0.1, 0.15) is 0 Å². The molecule has 1 spiro atoms. The molecular weight excluding hydrogens is 448 g/mol. The van der Waals surface area contributed by atoms with Gasteiger partial charge in [0.25, 0.3) is 5.91 Å². The molecule has 2 aliphatic rings. The van der Waals surface area contributed by atoms with Crippen LogP contribution in [0.2, 0.25) is 5.02 Å². The van der Waals surface area contributed by atoms with Crippen LogP contribution in [0, 0.1) is 0 Å². The number of sulfonamides is 1. The number of hydrogen-bond acceptors (Lipinski definition) is 4. The van der Waals surface area contributed by atoms with Crippen molar-refractivity contribution in [1.82, 2.24) is 4.72 Å². The minimum absolute atomic E-state index is 0.0372. The van der Waals surface area contributed by atoms with Crippen molar-refractivity contribution in [3.63, 3.8) is 0 Å². The summed E-state index contributed by atoms with van der Waals surface area (Å²) in [5.74, 6) is -0.760. The highest BCUT2D eigenvalue weighted by atomic mass is 35.5. The minimum atomic E-state index is -3.70. The summed E-state index contributed by atoms with van der Waals surface area (Å²) >= 11 is 6.04. The first kappa shape index (κ1) is 20.7. The highest BCUT2D eigenvalue weighted by molar-refractivity contribution is 7.89. The maximum atomic E-state index is 13.8. The first-order valence-corrected chi connectivity index (χ1v) is 12.3. The molecule has 2 atom stereocenters. The third-order valence-electron chi connectivity index (χ3n) is 6.09. The number of anilines is 2. The van der Waals surface area contributed by atoms with Crippen LogP contribution in [0.25, 0.3) is 0 Å². The van der Waals surface area contributed by atoms with Crippen molar-refractivity contribution in [3.05, 3.63) is 94.5 Å². The summed E-state index contributed by atoms with van der Waals surface area (Å²) in [7, 11) is -3.70. The Labute approximate surface area is 190 Å². The Bertz CT molecular complexity index is 1370. The summed E-state index contributed by atoms with van der Waals surface area (Å²) in [5, 5.41) is 0.646. The smallest absolute Gasteiger partial charge is 0.264 e. The molecule has 5 rings (SSSR count). The quantitative estimate of drug-likeness (QED) is 0.626. The molecule has 0 aromatic heterocycles. The van der Waals surface area contributed by atoms with E-state index in [0.29, 0.717) is 17.1 Å². The molecule has 1 aliphatic heterocycles. The second-order valence-corrected chi connectivity index (χ2v) is 10.4. The molecule has 1 aliphatic carbocycles. The molecule has 2 amide bonds. The van der Waals surface area contributed by atoms with Crippen LogP contribution in [0.15, 0.2) is 72.8 Å². The van der Waals surface area contributed by atoms with E-state index in [1.807, 2.05) is 53.3 Å². The zero-order valence-corrected chi connectivity index (χ0v) is 18.7. The van der Waals surface area contributed by atoms with Gasteiger partial charge in [-0.05, 0) is 53.9 Å². The van der Waals surface area contributed by atoms with E-state index in [2.05, 4.69) is 0 Å². The van der Waals surface area contributed by atoms with E-state index in [-0.39, 0.29) is 17.4 Å². The van der Waals surface area contributed by atoms with Crippen LogP contribution in [-0.2, 0) is 20.2 Å². The molecule has 1 heterocycles. The van der Waals surface area contributed by atoms with Crippen molar-refractivity contribution in [2.75, 3.05) is 11.2 Å². The molecule has 8 heteroatoms. The minimum Gasteiger partial charge on any atom is -0.280 e. The van der Waals surface area contributed by atoms with Gasteiger partial charge in [-0.15, -0.1) is 0 Å². The Morgan fingerprint density at radius 1 is 1.06 bits per heavy atom. The van der Waals surface area contributed by atoms with Crippen molar-refractivity contribution in [2.45, 2.75) is 17.8 Å². The zero-order valence-electron chi connectivity index (χ0n) is 17.1. The van der Waals surface area contributed by atoms with E-state index >= 15 is 0 Å². The third-order valence-corrected chi connectivity index (χ3v) is 6.90. The van der Waals surface area contributed by atoms with Crippen molar-refractivity contribution in [3.8, 4) is 0 Å². The fourth-order valence-electron chi connectivity index (χ4n) is 4.63. The van der Waals surface area contributed by atoms with E-state index in [1.165, 1.54) is 12.1 Å². The van der Waals surface area contributed by atoms with Crippen LogP contribution in [-0.4, -0.2) is 26.5 Å². The number of benzene rings is 3. The molecule has 0 radical (unpaired) electrons. The fourth-order valence-corrected chi connectivity index (χ4v) is 5.22. The molecule has 32 heavy (non-hydrogen) atoms. The largest absolute Gasteiger partial charge is 0.280 e. The van der Waals surface area contributed by atoms with Gasteiger partial charge in [0.05, 0.1) is 17.4 Å². The number of hydrogen-bond donors (Lipinski definition) is 1. The number of fused-ring (bicyclic) bond motifs is 2. The van der Waals surface area contributed by atoms with Crippen LogP contribution in [0.3, 0.4) is 0 Å². The zero-order chi connectivity index (χ0) is 22.7. The summed E-state index contributed by atoms with van der Waals surface area (Å²) in [6.45, 7) is 0. The average Bonchev–Trinajstić information content (AvgIpc) is 3.45. The highest BCUT2D eigenvalue weighted by Crippen LogP contribution is 2.67. The van der Waals surface area contributed by atoms with Gasteiger partial charge in [-0.25, -0.2) is 13.1 Å². The second-order valence-electron chi connectivity index (χ2n) is 8.19. The van der Waals surface area contributed by atoms with Crippen LogP contribution in [0.4, 0.5) is 11.4 Å². The average molecular weight is 467 g/mol. The lowest BCUT2D eigenvalue weighted by atomic mass is 9.92. The van der Waals surface area contributed by atoms with Gasteiger partial charge in [-0.1, -0.05) is 48.0 Å². The molecule has 162 valence electrons. The Hall–Kier alpha value is -3.16. The van der Waals surface area contributed by atoms with Gasteiger partial charge in [-0.3, -0.25) is 14.5 Å². The van der Waals surface area contributed by atoms with E-state index in [0.717, 1.165) is 23.1 Å². The summed E-state index contributed by atoms with van der Waals surface area (Å²) in [6.07, 6.45) is 1.61. The van der Waals surface area contributed by atoms with Crippen molar-refractivity contribution in [2.24, 2.45) is 0 Å². The van der Waals surface area contributed by atoms with Gasteiger partial charge in [0.2, 0.25) is 15.9 Å². The number of para-hydroxylation sites is 1. The molecule has 0 unspecified atom stereocenters. The van der Waals surface area contributed by atoms with Crippen molar-refractivity contribution in [1.29, 1.82) is 0 Å². The Morgan fingerprint density at radius 3 is 2.50 bits per heavy atom. The summed E-state index contributed by atoms with van der Waals surface area (Å²) < 4.78 is 24.9. The number of amides is 2. The van der Waals surface area contributed by atoms with Gasteiger partial charge in [-0.2, -0.15) is 0 Å². The number of carbonyl (C=O) groups is 2. The van der Waals surface area contributed by atoms with Crippen molar-refractivity contribution < 1.29 is 18.0 Å². The number of halogens is 1. The SMILES string of the molecule is CS(=O)(=O)NC(=O)c1cccc(N2C(=O)[C@]3(C[C@H]3c3ccc(Cl)cc3)c3ccccc32)c1. The predicted octanol–water partition coefficient (Wildman–Crippen LogP) is 4.13. The lowest BCUT2D eigenvalue weighted by Gasteiger charge is -2.19. The Kier molecular flexibility index (Phi) is 4.65. The van der Waals surface area contributed by atoms with Gasteiger partial charge in [0.15, 0.2) is 0 Å². The normalized spacial score (nSPS) is 21.5. The molecule has 3 aromatic rings. The van der Waals surface area contributed by atoms with Crippen LogP contribution >= 0.6 is 11.6 Å². The molecular formula is C24H19ClN2O4S. The topological polar surface area (TPSA) is 83.6 Å². The first-order chi connectivity index (χ1) is 15.2. The summed E-state index contributed by atoms with van der Waals surface area (Å²) in [4.78, 5) is 27.8. The van der Waals surface area contributed by atoms with E-state index in [9.17, 15) is 18.0 Å². The first-order valence-electron chi connectivity index (χ1n) is 10.0. The van der Waals surface area contributed by atoms with Crippen LogP contribution in [0.5, 0.6) is 0 Å². The standard InChI is InChI=1S/C24H19ClN2O4S/c1-32(30,31)26-22(28)16-5-4-6-18(13-16)27-21-8-3-2-7-19(21)24(23(27)29)14-20(24)15-9-11-17(25)12-10-15/h2-13,20H,14H2,1H3,(H,26,28)/t20-,24+/m0/s1.